The van der Waals surface area contributed by atoms with Crippen LogP contribution >= 0.6 is 31.9 Å². The molecule has 2 aromatic carbocycles. The van der Waals surface area contributed by atoms with E-state index in [1.54, 1.807) is 25.1 Å². The van der Waals surface area contributed by atoms with E-state index in [0.29, 0.717) is 5.69 Å². The van der Waals surface area contributed by atoms with Crippen molar-refractivity contribution in [3.05, 3.63) is 62.3 Å². The van der Waals surface area contributed by atoms with Gasteiger partial charge in [-0.05, 0) is 68.6 Å². The van der Waals surface area contributed by atoms with E-state index in [4.69, 9.17) is 0 Å². The number of carbonyl (C=O) groups is 1. The molecular formula is C14H10Br2FNO. The number of aryl methyl sites for hydroxylation is 1. The summed E-state index contributed by atoms with van der Waals surface area (Å²) in [6.45, 7) is 1.77. The van der Waals surface area contributed by atoms with Gasteiger partial charge in [-0.25, -0.2) is 4.39 Å². The Labute approximate surface area is 127 Å². The lowest BCUT2D eigenvalue weighted by atomic mass is 10.1. The molecule has 0 radical (unpaired) electrons. The lowest BCUT2D eigenvalue weighted by molar-refractivity contribution is 0.102. The lowest BCUT2D eigenvalue weighted by Gasteiger charge is -2.10. The van der Waals surface area contributed by atoms with E-state index in [9.17, 15) is 9.18 Å². The minimum Gasteiger partial charge on any atom is -0.320 e. The molecule has 19 heavy (non-hydrogen) atoms. The van der Waals surface area contributed by atoms with E-state index in [1.807, 2.05) is 6.07 Å². The first-order valence-electron chi connectivity index (χ1n) is 5.50. The van der Waals surface area contributed by atoms with E-state index in [-0.39, 0.29) is 5.56 Å². The van der Waals surface area contributed by atoms with Gasteiger partial charge in [0.1, 0.15) is 5.82 Å². The summed E-state index contributed by atoms with van der Waals surface area (Å²) in [5, 5.41) is 2.68. The minimum absolute atomic E-state index is 0.0215. The van der Waals surface area contributed by atoms with E-state index in [2.05, 4.69) is 37.2 Å². The molecule has 0 spiro atoms. The topological polar surface area (TPSA) is 29.1 Å². The van der Waals surface area contributed by atoms with Crippen molar-refractivity contribution in [1.82, 2.24) is 0 Å². The number of hydrogen-bond donors (Lipinski definition) is 1. The molecule has 5 heteroatoms. The standard InChI is InChI=1S/C14H10Br2FNO/c1-8-5-6-9(12(17)7-8)14(19)18-13-10(15)3-2-4-11(13)16/h2-7H,1H3,(H,18,19). The third-order valence-corrected chi connectivity index (χ3v) is 3.89. The van der Waals surface area contributed by atoms with Crippen molar-refractivity contribution in [1.29, 1.82) is 0 Å². The molecule has 0 bridgehead atoms. The van der Waals surface area contributed by atoms with E-state index in [1.165, 1.54) is 12.1 Å². The Hall–Kier alpha value is -1.20. The normalized spacial score (nSPS) is 10.3. The molecule has 2 aromatic rings. The first kappa shape index (κ1) is 14.2. The molecule has 2 nitrogen and oxygen atoms in total. The van der Waals surface area contributed by atoms with Gasteiger partial charge in [0, 0.05) is 8.95 Å². The molecule has 0 heterocycles. The van der Waals surface area contributed by atoms with Crippen molar-refractivity contribution < 1.29 is 9.18 Å². The number of para-hydroxylation sites is 1. The number of nitrogens with one attached hydrogen (secondary N) is 1. The van der Waals surface area contributed by atoms with Gasteiger partial charge in [0.15, 0.2) is 0 Å². The van der Waals surface area contributed by atoms with Gasteiger partial charge in [0.25, 0.3) is 5.91 Å². The molecule has 0 atom stereocenters. The average Bonchev–Trinajstić information content (AvgIpc) is 2.33. The van der Waals surface area contributed by atoms with E-state index in [0.717, 1.165) is 14.5 Å². The van der Waals surface area contributed by atoms with Crippen LogP contribution in [0.3, 0.4) is 0 Å². The van der Waals surface area contributed by atoms with E-state index < -0.39 is 11.7 Å². The van der Waals surface area contributed by atoms with Gasteiger partial charge in [0.05, 0.1) is 11.3 Å². The smallest absolute Gasteiger partial charge is 0.258 e. The summed E-state index contributed by atoms with van der Waals surface area (Å²) in [4.78, 5) is 12.1. The Bertz CT molecular complexity index is 623. The Morgan fingerprint density at radius 1 is 1.16 bits per heavy atom. The highest BCUT2D eigenvalue weighted by molar-refractivity contribution is 9.11. The molecule has 1 N–H and O–H groups in total. The van der Waals surface area contributed by atoms with Crippen LogP contribution in [0.4, 0.5) is 10.1 Å². The van der Waals surface area contributed by atoms with Gasteiger partial charge in [-0.3, -0.25) is 4.79 Å². The Morgan fingerprint density at radius 2 is 1.79 bits per heavy atom. The van der Waals surface area contributed by atoms with Gasteiger partial charge in [-0.2, -0.15) is 0 Å². The molecule has 2 rings (SSSR count). The fourth-order valence-electron chi connectivity index (χ4n) is 1.60. The van der Waals surface area contributed by atoms with Crippen molar-refractivity contribution in [2.45, 2.75) is 6.92 Å². The van der Waals surface area contributed by atoms with Crippen LogP contribution in [0.15, 0.2) is 45.3 Å². The summed E-state index contributed by atoms with van der Waals surface area (Å²) >= 11 is 6.68. The second kappa shape index (κ2) is 5.84. The van der Waals surface area contributed by atoms with Crippen molar-refractivity contribution in [2.24, 2.45) is 0 Å². The monoisotopic (exact) mass is 385 g/mol. The maximum atomic E-state index is 13.7. The summed E-state index contributed by atoms with van der Waals surface area (Å²) in [6.07, 6.45) is 0. The lowest BCUT2D eigenvalue weighted by Crippen LogP contribution is -2.14. The number of hydrogen-bond acceptors (Lipinski definition) is 1. The zero-order valence-electron chi connectivity index (χ0n) is 10.0. The van der Waals surface area contributed by atoms with E-state index >= 15 is 0 Å². The molecule has 1 amide bonds. The van der Waals surface area contributed by atoms with Crippen molar-refractivity contribution in [2.75, 3.05) is 5.32 Å². The molecule has 0 aliphatic rings. The SMILES string of the molecule is Cc1ccc(C(=O)Nc2c(Br)cccc2Br)c(F)c1. The van der Waals surface area contributed by atoms with Crippen LogP contribution in [0.1, 0.15) is 15.9 Å². The van der Waals surface area contributed by atoms with Crippen molar-refractivity contribution in [3.8, 4) is 0 Å². The molecular weight excluding hydrogens is 377 g/mol. The van der Waals surface area contributed by atoms with Gasteiger partial charge in [0.2, 0.25) is 0 Å². The first-order chi connectivity index (χ1) is 8.99. The van der Waals surface area contributed by atoms with Crippen LogP contribution in [0.2, 0.25) is 0 Å². The van der Waals surface area contributed by atoms with Crippen molar-refractivity contribution >= 4 is 43.5 Å². The predicted octanol–water partition coefficient (Wildman–Crippen LogP) is 4.91. The maximum Gasteiger partial charge on any atom is 0.258 e. The quantitative estimate of drug-likeness (QED) is 0.780. The van der Waals surface area contributed by atoms with Crippen LogP contribution in [0, 0.1) is 12.7 Å². The zero-order valence-corrected chi connectivity index (χ0v) is 13.2. The zero-order chi connectivity index (χ0) is 14.0. The minimum atomic E-state index is -0.527. The molecule has 98 valence electrons. The predicted molar refractivity (Wildman–Crippen MR) is 80.9 cm³/mol. The van der Waals surface area contributed by atoms with Crippen molar-refractivity contribution in [3.63, 3.8) is 0 Å². The molecule has 0 saturated carbocycles. The fourth-order valence-corrected chi connectivity index (χ4v) is 2.80. The Kier molecular flexibility index (Phi) is 4.37. The molecule has 0 unspecified atom stereocenters. The fraction of sp³-hybridized carbons (Fsp3) is 0.0714. The Balaban J connectivity index is 2.31. The van der Waals surface area contributed by atoms with Gasteiger partial charge in [-0.1, -0.05) is 12.1 Å². The summed E-state index contributed by atoms with van der Waals surface area (Å²) in [6, 6.07) is 9.94. The maximum absolute atomic E-state index is 13.7. The number of carbonyl (C=O) groups excluding carboxylic acids is 1. The van der Waals surface area contributed by atoms with Gasteiger partial charge < -0.3 is 5.32 Å². The Morgan fingerprint density at radius 3 is 2.37 bits per heavy atom. The highest BCUT2D eigenvalue weighted by Crippen LogP contribution is 2.31. The van der Waals surface area contributed by atoms with Crippen LogP contribution in [0.25, 0.3) is 0 Å². The number of halogens is 3. The van der Waals surface area contributed by atoms with Crippen LogP contribution < -0.4 is 5.32 Å². The molecule has 0 fully saturated rings. The van der Waals surface area contributed by atoms with Gasteiger partial charge >= 0.3 is 0 Å². The van der Waals surface area contributed by atoms with Crippen LogP contribution in [-0.2, 0) is 0 Å². The molecule has 0 aliphatic carbocycles. The summed E-state index contributed by atoms with van der Waals surface area (Å²) in [5.41, 5.74) is 1.37. The highest BCUT2D eigenvalue weighted by Gasteiger charge is 2.14. The molecule has 0 aliphatic heterocycles. The summed E-state index contributed by atoms with van der Waals surface area (Å²) in [5.74, 6) is -1.01. The molecule has 0 saturated heterocycles. The summed E-state index contributed by atoms with van der Waals surface area (Å²) in [7, 11) is 0. The number of rotatable bonds is 2. The van der Waals surface area contributed by atoms with Gasteiger partial charge in [-0.15, -0.1) is 0 Å². The average molecular weight is 387 g/mol. The summed E-state index contributed by atoms with van der Waals surface area (Å²) < 4.78 is 15.2. The highest BCUT2D eigenvalue weighted by atomic mass is 79.9. The first-order valence-corrected chi connectivity index (χ1v) is 7.09. The number of amides is 1. The largest absolute Gasteiger partial charge is 0.320 e. The third kappa shape index (κ3) is 3.22. The number of benzene rings is 2. The third-order valence-electron chi connectivity index (χ3n) is 2.57. The number of anilines is 1. The second-order valence-electron chi connectivity index (χ2n) is 4.03. The molecule has 0 aromatic heterocycles. The van der Waals surface area contributed by atoms with Crippen LogP contribution in [-0.4, -0.2) is 5.91 Å². The second-order valence-corrected chi connectivity index (χ2v) is 5.74. The van der Waals surface area contributed by atoms with Crippen LogP contribution in [0.5, 0.6) is 0 Å².